The van der Waals surface area contributed by atoms with Crippen molar-refractivity contribution in [2.45, 2.75) is 51.0 Å². The molecule has 29 heavy (non-hydrogen) atoms. The smallest absolute Gasteiger partial charge is 0.257 e. The summed E-state index contributed by atoms with van der Waals surface area (Å²) < 4.78 is 14.1. The molecule has 2 aromatic rings. The lowest BCUT2D eigenvalue weighted by Crippen LogP contribution is -2.35. The Labute approximate surface area is 176 Å². The van der Waals surface area contributed by atoms with Crippen LogP contribution in [-0.2, 0) is 6.54 Å². The van der Waals surface area contributed by atoms with Crippen LogP contribution in [0.2, 0.25) is 5.02 Å². The molecule has 1 aromatic heterocycles. The van der Waals surface area contributed by atoms with Gasteiger partial charge in [-0.1, -0.05) is 30.5 Å². The molecule has 1 amide bonds. The minimum Gasteiger partial charge on any atom is -0.339 e. The first kappa shape index (κ1) is 20.4. The van der Waals surface area contributed by atoms with Crippen molar-refractivity contribution in [3.8, 4) is 0 Å². The van der Waals surface area contributed by atoms with E-state index in [0.717, 1.165) is 63.1 Å². The van der Waals surface area contributed by atoms with Crippen LogP contribution in [0.25, 0.3) is 0 Å². The van der Waals surface area contributed by atoms with Gasteiger partial charge < -0.3 is 4.90 Å². The minimum atomic E-state index is -0.251. The second-order valence-electron chi connectivity index (χ2n) is 8.15. The number of hydrogen-bond acceptors (Lipinski definition) is 3. The van der Waals surface area contributed by atoms with E-state index in [9.17, 15) is 9.18 Å². The third-order valence-corrected chi connectivity index (χ3v) is 6.59. The van der Waals surface area contributed by atoms with Gasteiger partial charge in [0.15, 0.2) is 0 Å². The first-order chi connectivity index (χ1) is 14.1. The van der Waals surface area contributed by atoms with Crippen LogP contribution < -0.4 is 0 Å². The van der Waals surface area contributed by atoms with Gasteiger partial charge in [0, 0.05) is 36.1 Å². The Morgan fingerprint density at radius 3 is 2.55 bits per heavy atom. The molecule has 5 nitrogen and oxygen atoms in total. The fourth-order valence-electron chi connectivity index (χ4n) is 4.51. The maximum Gasteiger partial charge on any atom is 0.257 e. The predicted molar refractivity (Wildman–Crippen MR) is 112 cm³/mol. The Kier molecular flexibility index (Phi) is 6.50. The second kappa shape index (κ2) is 9.26. The molecule has 0 aliphatic carbocycles. The molecule has 7 heteroatoms. The van der Waals surface area contributed by atoms with Gasteiger partial charge in [0.25, 0.3) is 5.91 Å². The molecule has 0 saturated carbocycles. The van der Waals surface area contributed by atoms with Crippen LogP contribution in [0, 0.1) is 5.82 Å². The molecule has 0 atom stereocenters. The molecule has 1 aromatic carbocycles. The first-order valence-corrected chi connectivity index (χ1v) is 11.0. The van der Waals surface area contributed by atoms with Gasteiger partial charge in [-0.05, 0) is 50.9 Å². The first-order valence-electron chi connectivity index (χ1n) is 10.6. The number of hydrogen-bond donors (Lipinski definition) is 1. The number of carbonyl (C=O) groups excluding carboxylic acids is 1. The fourth-order valence-corrected chi connectivity index (χ4v) is 4.73. The van der Waals surface area contributed by atoms with Gasteiger partial charge >= 0.3 is 0 Å². The molecule has 2 aliphatic rings. The molecule has 3 heterocycles. The van der Waals surface area contributed by atoms with Crippen molar-refractivity contribution in [3.63, 3.8) is 0 Å². The number of nitrogens with zero attached hydrogens (tertiary/aromatic N) is 3. The van der Waals surface area contributed by atoms with E-state index in [1.807, 2.05) is 4.90 Å². The van der Waals surface area contributed by atoms with Crippen molar-refractivity contribution in [1.29, 1.82) is 0 Å². The summed E-state index contributed by atoms with van der Waals surface area (Å²) in [5.41, 5.74) is 2.25. The van der Waals surface area contributed by atoms with E-state index < -0.39 is 0 Å². The lowest BCUT2D eigenvalue weighted by Gasteiger charge is -2.32. The van der Waals surface area contributed by atoms with E-state index >= 15 is 0 Å². The van der Waals surface area contributed by atoms with Crippen molar-refractivity contribution in [2.24, 2.45) is 0 Å². The normalized spacial score (nSPS) is 19.3. The predicted octanol–water partition coefficient (Wildman–Crippen LogP) is 4.60. The van der Waals surface area contributed by atoms with Crippen LogP contribution in [-0.4, -0.2) is 52.1 Å². The van der Waals surface area contributed by atoms with Crippen molar-refractivity contribution in [3.05, 3.63) is 52.1 Å². The van der Waals surface area contributed by atoms with E-state index in [-0.39, 0.29) is 17.6 Å². The summed E-state index contributed by atoms with van der Waals surface area (Å²) in [5, 5.41) is 7.77. The SMILES string of the molecule is O=C(c1cn[nH]c1C1CCN(Cc2c(F)cccc2Cl)CC1)N1CCCCCC1. The standard InChI is InChI=1S/C22H28ClFN4O/c23-19-6-5-7-20(24)18(19)15-27-12-8-16(9-13-27)21-17(14-25-26-21)22(29)28-10-3-1-2-4-11-28/h5-7,14,16H,1-4,8-13,15H2,(H,25,26). The Morgan fingerprint density at radius 1 is 1.14 bits per heavy atom. The molecule has 0 unspecified atom stereocenters. The molecule has 2 saturated heterocycles. The van der Waals surface area contributed by atoms with Gasteiger partial charge in [-0.25, -0.2) is 4.39 Å². The summed E-state index contributed by atoms with van der Waals surface area (Å²) in [4.78, 5) is 17.3. The van der Waals surface area contributed by atoms with E-state index in [1.54, 1.807) is 18.3 Å². The number of amides is 1. The fraction of sp³-hybridized carbons (Fsp3) is 0.545. The van der Waals surface area contributed by atoms with Gasteiger partial charge in [-0.2, -0.15) is 5.10 Å². The summed E-state index contributed by atoms with van der Waals surface area (Å²) in [7, 11) is 0. The number of carbonyl (C=O) groups is 1. The monoisotopic (exact) mass is 418 g/mol. The number of aromatic amines is 1. The van der Waals surface area contributed by atoms with E-state index in [4.69, 9.17) is 11.6 Å². The number of rotatable bonds is 4. The van der Waals surface area contributed by atoms with Crippen molar-refractivity contribution >= 4 is 17.5 Å². The van der Waals surface area contributed by atoms with Crippen LogP contribution in [0.1, 0.15) is 66.1 Å². The summed E-state index contributed by atoms with van der Waals surface area (Å²) in [6.45, 7) is 3.87. The third kappa shape index (κ3) is 4.64. The van der Waals surface area contributed by atoms with Gasteiger partial charge in [-0.15, -0.1) is 0 Å². The van der Waals surface area contributed by atoms with Gasteiger partial charge in [0.1, 0.15) is 5.82 Å². The maximum atomic E-state index is 14.1. The summed E-state index contributed by atoms with van der Waals surface area (Å²) in [6.07, 6.45) is 8.07. The van der Waals surface area contributed by atoms with Crippen molar-refractivity contribution in [2.75, 3.05) is 26.2 Å². The number of likely N-dealkylation sites (tertiary alicyclic amines) is 2. The van der Waals surface area contributed by atoms with Crippen LogP contribution in [0.3, 0.4) is 0 Å². The molecule has 0 bridgehead atoms. The second-order valence-corrected chi connectivity index (χ2v) is 8.56. The Bertz CT molecular complexity index is 819. The Balaban J connectivity index is 1.39. The quantitative estimate of drug-likeness (QED) is 0.789. The topological polar surface area (TPSA) is 52.2 Å². The van der Waals surface area contributed by atoms with Gasteiger partial charge in [-0.3, -0.25) is 14.8 Å². The number of H-pyrrole nitrogens is 1. The highest BCUT2D eigenvalue weighted by molar-refractivity contribution is 6.31. The van der Waals surface area contributed by atoms with E-state index in [2.05, 4.69) is 15.1 Å². The highest BCUT2D eigenvalue weighted by atomic mass is 35.5. The van der Waals surface area contributed by atoms with Crippen LogP contribution in [0.4, 0.5) is 4.39 Å². The third-order valence-electron chi connectivity index (χ3n) is 6.23. The molecule has 1 N–H and O–H groups in total. The van der Waals surface area contributed by atoms with E-state index in [0.29, 0.717) is 17.1 Å². The van der Waals surface area contributed by atoms with Crippen molar-refractivity contribution < 1.29 is 9.18 Å². The molecule has 0 spiro atoms. The number of piperidine rings is 1. The van der Waals surface area contributed by atoms with Gasteiger partial charge in [0.05, 0.1) is 17.5 Å². The van der Waals surface area contributed by atoms with Gasteiger partial charge in [0.2, 0.25) is 0 Å². The number of benzene rings is 1. The minimum absolute atomic E-state index is 0.108. The molecule has 0 radical (unpaired) electrons. The molecule has 4 rings (SSSR count). The maximum absolute atomic E-state index is 14.1. The lowest BCUT2D eigenvalue weighted by molar-refractivity contribution is 0.0759. The van der Waals surface area contributed by atoms with Crippen molar-refractivity contribution in [1.82, 2.24) is 20.0 Å². The highest BCUT2D eigenvalue weighted by Crippen LogP contribution is 2.31. The number of halogens is 2. The zero-order valence-electron chi connectivity index (χ0n) is 16.7. The Hall–Kier alpha value is -1.92. The highest BCUT2D eigenvalue weighted by Gasteiger charge is 2.28. The summed E-state index contributed by atoms with van der Waals surface area (Å²) in [5.74, 6) is 0.130. The average Bonchev–Trinajstić information content (AvgIpc) is 3.05. The molecule has 2 fully saturated rings. The molecule has 156 valence electrons. The summed E-state index contributed by atoms with van der Waals surface area (Å²) in [6, 6.07) is 4.83. The Morgan fingerprint density at radius 2 is 1.86 bits per heavy atom. The van der Waals surface area contributed by atoms with Crippen LogP contribution in [0.5, 0.6) is 0 Å². The van der Waals surface area contributed by atoms with Crippen LogP contribution >= 0.6 is 11.6 Å². The zero-order chi connectivity index (χ0) is 20.2. The zero-order valence-corrected chi connectivity index (χ0v) is 17.4. The van der Waals surface area contributed by atoms with Crippen LogP contribution in [0.15, 0.2) is 24.4 Å². The number of aromatic nitrogens is 2. The van der Waals surface area contributed by atoms with E-state index in [1.165, 1.54) is 18.9 Å². The summed E-state index contributed by atoms with van der Waals surface area (Å²) >= 11 is 6.18. The molecular formula is C22H28ClFN4O. The lowest BCUT2D eigenvalue weighted by atomic mass is 9.91. The molecular weight excluding hydrogens is 391 g/mol. The average molecular weight is 419 g/mol. The number of nitrogens with one attached hydrogen (secondary N) is 1. The molecule has 2 aliphatic heterocycles. The largest absolute Gasteiger partial charge is 0.339 e.